The molecule has 2 aliphatic heterocycles. The zero-order valence-electron chi connectivity index (χ0n) is 13.5. The van der Waals surface area contributed by atoms with E-state index in [1.54, 1.807) is 7.11 Å². The highest BCUT2D eigenvalue weighted by Gasteiger charge is 2.31. The number of aryl methyl sites for hydroxylation is 1. The predicted molar refractivity (Wildman–Crippen MR) is 91.8 cm³/mol. The lowest BCUT2D eigenvalue weighted by molar-refractivity contribution is -0.118. The van der Waals surface area contributed by atoms with Gasteiger partial charge in [-0.3, -0.25) is 9.59 Å². The average molecular weight is 322 g/mol. The van der Waals surface area contributed by atoms with Crippen LogP contribution in [0.25, 0.3) is 0 Å². The van der Waals surface area contributed by atoms with Gasteiger partial charge >= 0.3 is 0 Å². The van der Waals surface area contributed by atoms with E-state index < -0.39 is 0 Å². The van der Waals surface area contributed by atoms with Crippen molar-refractivity contribution in [1.29, 1.82) is 0 Å². The maximum Gasteiger partial charge on any atom is 0.255 e. The topological polar surface area (TPSA) is 58.6 Å². The van der Waals surface area contributed by atoms with Crippen LogP contribution in [0.1, 0.15) is 27.9 Å². The molecular formula is C19H18N2O3. The average Bonchev–Trinajstić information content (AvgIpc) is 3.04. The molecule has 0 bridgehead atoms. The van der Waals surface area contributed by atoms with Crippen molar-refractivity contribution in [3.05, 3.63) is 53.1 Å². The Labute approximate surface area is 140 Å². The maximum atomic E-state index is 12.6. The van der Waals surface area contributed by atoms with Crippen LogP contribution in [0.4, 0.5) is 11.4 Å². The van der Waals surface area contributed by atoms with Crippen LogP contribution < -0.4 is 15.0 Å². The normalized spacial score (nSPS) is 15.2. The molecule has 2 heterocycles. The molecule has 24 heavy (non-hydrogen) atoms. The largest absolute Gasteiger partial charge is 0.497 e. The zero-order valence-corrected chi connectivity index (χ0v) is 13.5. The van der Waals surface area contributed by atoms with Gasteiger partial charge in [-0.05, 0) is 60.4 Å². The second-order valence-corrected chi connectivity index (χ2v) is 6.12. The van der Waals surface area contributed by atoms with Crippen molar-refractivity contribution in [2.24, 2.45) is 0 Å². The van der Waals surface area contributed by atoms with Crippen LogP contribution >= 0.6 is 0 Å². The Hall–Kier alpha value is -2.82. The number of amides is 2. The molecule has 0 fully saturated rings. The molecule has 0 unspecified atom stereocenters. The minimum absolute atomic E-state index is 0.130. The molecule has 2 aromatic rings. The highest BCUT2D eigenvalue weighted by molar-refractivity contribution is 6.06. The lowest BCUT2D eigenvalue weighted by Crippen LogP contribution is -2.33. The van der Waals surface area contributed by atoms with E-state index in [1.807, 2.05) is 41.3 Å². The molecule has 4 rings (SSSR count). The van der Waals surface area contributed by atoms with Crippen molar-refractivity contribution in [1.82, 2.24) is 0 Å². The molecule has 2 amide bonds. The number of hydrogen-bond acceptors (Lipinski definition) is 3. The van der Waals surface area contributed by atoms with Gasteiger partial charge < -0.3 is 15.0 Å². The van der Waals surface area contributed by atoms with Gasteiger partial charge in [0.1, 0.15) is 5.75 Å². The summed E-state index contributed by atoms with van der Waals surface area (Å²) in [5.74, 6) is 0.811. The number of carbonyl (C=O) groups is 2. The van der Waals surface area contributed by atoms with Gasteiger partial charge in [0.15, 0.2) is 0 Å². The number of hydrogen-bond donors (Lipinski definition) is 1. The molecule has 0 atom stereocenters. The SMILES string of the molecule is COc1ccc(NC(=O)c2cc3c4c(c2)CCN4C(=O)CC3)cc1. The summed E-state index contributed by atoms with van der Waals surface area (Å²) in [7, 11) is 1.61. The van der Waals surface area contributed by atoms with Crippen molar-refractivity contribution in [2.45, 2.75) is 19.3 Å². The van der Waals surface area contributed by atoms with Gasteiger partial charge in [0, 0.05) is 24.2 Å². The van der Waals surface area contributed by atoms with Crippen LogP contribution in [-0.2, 0) is 17.6 Å². The third kappa shape index (κ3) is 2.42. The summed E-state index contributed by atoms with van der Waals surface area (Å²) in [6.07, 6.45) is 2.05. The van der Waals surface area contributed by atoms with Crippen molar-refractivity contribution in [3.63, 3.8) is 0 Å². The number of benzene rings is 2. The molecule has 2 aromatic carbocycles. The fourth-order valence-electron chi connectivity index (χ4n) is 3.47. The number of anilines is 2. The van der Waals surface area contributed by atoms with Gasteiger partial charge in [-0.1, -0.05) is 0 Å². The van der Waals surface area contributed by atoms with E-state index in [0.717, 1.165) is 41.2 Å². The van der Waals surface area contributed by atoms with Gasteiger partial charge in [0.05, 0.1) is 12.8 Å². The van der Waals surface area contributed by atoms with Crippen molar-refractivity contribution in [3.8, 4) is 5.75 Å². The second-order valence-electron chi connectivity index (χ2n) is 6.12. The van der Waals surface area contributed by atoms with Crippen molar-refractivity contribution < 1.29 is 14.3 Å². The lowest BCUT2D eigenvalue weighted by atomic mass is 9.96. The van der Waals surface area contributed by atoms with Gasteiger partial charge in [0.25, 0.3) is 5.91 Å². The minimum atomic E-state index is -0.130. The summed E-state index contributed by atoms with van der Waals surface area (Å²) in [6.45, 7) is 0.727. The molecule has 5 nitrogen and oxygen atoms in total. The van der Waals surface area contributed by atoms with E-state index in [9.17, 15) is 9.59 Å². The van der Waals surface area contributed by atoms with Gasteiger partial charge in [-0.25, -0.2) is 0 Å². The van der Waals surface area contributed by atoms with Gasteiger partial charge in [-0.15, -0.1) is 0 Å². The van der Waals surface area contributed by atoms with Crippen LogP contribution in [0, 0.1) is 0 Å². The third-order valence-electron chi connectivity index (χ3n) is 4.66. The molecule has 2 aliphatic rings. The Balaban J connectivity index is 1.60. The zero-order chi connectivity index (χ0) is 16.7. The predicted octanol–water partition coefficient (Wildman–Crippen LogP) is 2.78. The Morgan fingerprint density at radius 2 is 1.79 bits per heavy atom. The van der Waals surface area contributed by atoms with E-state index in [2.05, 4.69) is 5.32 Å². The quantitative estimate of drug-likeness (QED) is 0.945. The fraction of sp³-hybridized carbons (Fsp3) is 0.263. The first kappa shape index (κ1) is 14.8. The standard InChI is InChI=1S/C19H18N2O3/c1-24-16-5-3-15(4-6-16)20-19(23)14-10-12-2-7-17(22)21-9-8-13(11-14)18(12)21/h3-6,10-11H,2,7-9H2,1H3,(H,20,23). The fourth-order valence-corrected chi connectivity index (χ4v) is 3.47. The molecule has 0 radical (unpaired) electrons. The smallest absolute Gasteiger partial charge is 0.255 e. The van der Waals surface area contributed by atoms with Crippen LogP contribution in [0.5, 0.6) is 5.75 Å². The highest BCUT2D eigenvalue weighted by atomic mass is 16.5. The molecule has 5 heteroatoms. The highest BCUT2D eigenvalue weighted by Crippen LogP contribution is 2.37. The first-order valence-electron chi connectivity index (χ1n) is 8.07. The monoisotopic (exact) mass is 322 g/mol. The second kappa shape index (κ2) is 5.67. The Morgan fingerprint density at radius 3 is 2.50 bits per heavy atom. The summed E-state index contributed by atoms with van der Waals surface area (Å²) in [5, 5.41) is 2.91. The number of ether oxygens (including phenoxy) is 1. The summed E-state index contributed by atoms with van der Waals surface area (Å²) in [6, 6.07) is 11.1. The van der Waals surface area contributed by atoms with E-state index in [1.165, 1.54) is 0 Å². The van der Waals surface area contributed by atoms with Crippen LogP contribution in [0.15, 0.2) is 36.4 Å². The summed E-state index contributed by atoms with van der Waals surface area (Å²) < 4.78 is 5.12. The van der Waals surface area contributed by atoms with Crippen LogP contribution in [0.3, 0.4) is 0 Å². The number of nitrogens with one attached hydrogen (secondary N) is 1. The van der Waals surface area contributed by atoms with Gasteiger partial charge in [-0.2, -0.15) is 0 Å². The molecule has 0 aromatic heterocycles. The molecule has 0 spiro atoms. The first-order chi connectivity index (χ1) is 11.7. The van der Waals surface area contributed by atoms with Crippen LogP contribution in [0.2, 0.25) is 0 Å². The Bertz CT molecular complexity index is 827. The van der Waals surface area contributed by atoms with Gasteiger partial charge in [0.2, 0.25) is 5.91 Å². The Kier molecular flexibility index (Phi) is 3.49. The van der Waals surface area contributed by atoms with E-state index >= 15 is 0 Å². The maximum absolute atomic E-state index is 12.6. The minimum Gasteiger partial charge on any atom is -0.497 e. The molecule has 122 valence electrons. The number of carbonyl (C=O) groups excluding carboxylic acids is 2. The lowest BCUT2D eigenvalue weighted by Gasteiger charge is -2.25. The number of rotatable bonds is 3. The third-order valence-corrected chi connectivity index (χ3v) is 4.66. The molecule has 0 saturated heterocycles. The summed E-state index contributed by atoms with van der Waals surface area (Å²) >= 11 is 0. The van der Waals surface area contributed by atoms with E-state index in [-0.39, 0.29) is 11.8 Å². The molecule has 1 N–H and O–H groups in total. The number of methoxy groups -OCH3 is 1. The Morgan fingerprint density at radius 1 is 1.08 bits per heavy atom. The summed E-state index contributed by atoms with van der Waals surface area (Å²) in [5.41, 5.74) is 4.61. The molecule has 0 saturated carbocycles. The summed E-state index contributed by atoms with van der Waals surface area (Å²) in [4.78, 5) is 26.4. The molecular weight excluding hydrogens is 304 g/mol. The van der Waals surface area contributed by atoms with E-state index in [0.29, 0.717) is 18.4 Å². The van der Waals surface area contributed by atoms with Crippen molar-refractivity contribution >= 4 is 23.2 Å². The van der Waals surface area contributed by atoms with Crippen LogP contribution in [-0.4, -0.2) is 25.5 Å². The van der Waals surface area contributed by atoms with E-state index in [4.69, 9.17) is 4.74 Å². The first-order valence-corrected chi connectivity index (χ1v) is 8.07. The van der Waals surface area contributed by atoms with Crippen molar-refractivity contribution in [2.75, 3.05) is 23.9 Å². The molecule has 0 aliphatic carbocycles. The number of nitrogens with zero attached hydrogens (tertiary/aromatic N) is 1.